The molecule has 0 heterocycles. The number of nitrogens with one attached hydrogen (secondary N) is 3. The summed E-state index contributed by atoms with van der Waals surface area (Å²) in [5.74, 6) is -0.467. The van der Waals surface area contributed by atoms with Gasteiger partial charge in [-0.25, -0.2) is 13.2 Å². The molecule has 0 spiro atoms. The van der Waals surface area contributed by atoms with Crippen LogP contribution in [0.2, 0.25) is 0 Å². The smallest absolute Gasteiger partial charge is 0.407 e. The molecule has 198 valence electrons. The van der Waals surface area contributed by atoms with Crippen LogP contribution in [0.4, 0.5) is 4.79 Å². The van der Waals surface area contributed by atoms with Gasteiger partial charge < -0.3 is 24.8 Å². The van der Waals surface area contributed by atoms with Gasteiger partial charge in [-0.05, 0) is 57.9 Å². The molecule has 1 aromatic carbocycles. The molecule has 3 N–H and O–H groups in total. The van der Waals surface area contributed by atoms with Gasteiger partial charge in [0, 0.05) is 19.5 Å². The third-order valence-corrected chi connectivity index (χ3v) is 5.92. The van der Waals surface area contributed by atoms with E-state index >= 15 is 0 Å². The van der Waals surface area contributed by atoms with E-state index in [1.165, 1.54) is 24.3 Å². The minimum absolute atomic E-state index is 0.0316. The Kier molecular flexibility index (Phi) is 12.5. The highest BCUT2D eigenvalue weighted by Gasteiger charge is 2.28. The van der Waals surface area contributed by atoms with Crippen molar-refractivity contribution >= 4 is 28.0 Å². The first kappa shape index (κ1) is 30.2. The topological polar surface area (TPSA) is 149 Å². The molecule has 0 aliphatic carbocycles. The van der Waals surface area contributed by atoms with Gasteiger partial charge in [0.05, 0.1) is 18.6 Å². The number of carbonyl (C=O) groups excluding carboxylic acids is 3. The minimum atomic E-state index is -4.11. The fourth-order valence-electron chi connectivity index (χ4n) is 2.70. The second-order valence-corrected chi connectivity index (χ2v) is 10.4. The monoisotopic (exact) mass is 515 g/mol. The molecule has 0 aliphatic heterocycles. The zero-order valence-corrected chi connectivity index (χ0v) is 21.8. The van der Waals surface area contributed by atoms with Crippen LogP contribution >= 0.6 is 0 Å². The maximum atomic E-state index is 12.7. The number of ether oxygens (including phenoxy) is 3. The Labute approximate surface area is 207 Å². The van der Waals surface area contributed by atoms with Crippen LogP contribution in [0, 0.1) is 0 Å². The lowest BCUT2D eigenvalue weighted by Gasteiger charge is -2.21. The average molecular weight is 516 g/mol. The minimum Gasteiger partial charge on any atom is -0.494 e. The molecule has 0 unspecified atom stereocenters. The second-order valence-electron chi connectivity index (χ2n) is 8.71. The number of rotatable bonds is 14. The molecule has 11 nitrogen and oxygen atoms in total. The summed E-state index contributed by atoms with van der Waals surface area (Å²) in [6.45, 7) is 7.66. The molecule has 0 saturated heterocycles. The fraction of sp³-hybridized carbons (Fsp3) is 0.609. The number of hydrogen-bond acceptors (Lipinski definition) is 8. The lowest BCUT2D eigenvalue weighted by atomic mass is 10.2. The lowest BCUT2D eigenvalue weighted by molar-refractivity contribution is -0.142. The Morgan fingerprint density at radius 2 is 1.69 bits per heavy atom. The Morgan fingerprint density at radius 1 is 1.03 bits per heavy atom. The van der Waals surface area contributed by atoms with Crippen molar-refractivity contribution in [3.8, 4) is 5.75 Å². The Morgan fingerprint density at radius 3 is 2.26 bits per heavy atom. The van der Waals surface area contributed by atoms with E-state index in [0.29, 0.717) is 31.7 Å². The number of esters is 1. The Balaban J connectivity index is 2.64. The number of methoxy groups -OCH3 is 1. The van der Waals surface area contributed by atoms with Crippen molar-refractivity contribution in [1.29, 1.82) is 0 Å². The molecule has 35 heavy (non-hydrogen) atoms. The van der Waals surface area contributed by atoms with E-state index in [0.717, 1.165) is 20.0 Å². The largest absolute Gasteiger partial charge is 0.494 e. The summed E-state index contributed by atoms with van der Waals surface area (Å²) in [6, 6.07) is 4.23. The van der Waals surface area contributed by atoms with Gasteiger partial charge in [0.15, 0.2) is 0 Å². The number of benzene rings is 1. The predicted octanol–water partition coefficient (Wildman–Crippen LogP) is 2.11. The molecular formula is C23H37N3O8S. The molecule has 0 aromatic heterocycles. The van der Waals surface area contributed by atoms with Crippen LogP contribution in [0.5, 0.6) is 5.75 Å². The standard InChI is InChI=1S/C23H37N3O8S/c1-6-7-14-24-20(27)9-8-15-33-17-10-12-18(13-11-17)35(30,31)26-19(21(28)32-5)16-25-22(29)34-23(2,3)4/h10-13,19,26H,6-9,14-16H2,1-5H3,(H,24,27)(H,25,29)/t19-/m0/s1. The second kappa shape index (κ2) is 14.5. The van der Waals surface area contributed by atoms with Crippen LogP contribution in [-0.2, 0) is 29.1 Å². The van der Waals surface area contributed by atoms with E-state index in [4.69, 9.17) is 9.47 Å². The van der Waals surface area contributed by atoms with Crippen LogP contribution in [0.3, 0.4) is 0 Å². The molecule has 0 fully saturated rings. The highest BCUT2D eigenvalue weighted by Crippen LogP contribution is 2.17. The highest BCUT2D eigenvalue weighted by atomic mass is 32.2. The summed E-state index contributed by atoms with van der Waals surface area (Å²) in [5, 5.41) is 5.18. The molecule has 1 rings (SSSR count). The molecule has 0 radical (unpaired) electrons. The predicted molar refractivity (Wildman–Crippen MR) is 129 cm³/mol. The Bertz CT molecular complexity index is 927. The highest BCUT2D eigenvalue weighted by molar-refractivity contribution is 7.89. The van der Waals surface area contributed by atoms with E-state index in [2.05, 4.69) is 20.1 Å². The van der Waals surface area contributed by atoms with Crippen molar-refractivity contribution in [1.82, 2.24) is 15.4 Å². The molecule has 12 heteroatoms. The molecule has 2 amide bonds. The van der Waals surface area contributed by atoms with Gasteiger partial charge >= 0.3 is 12.1 Å². The van der Waals surface area contributed by atoms with Crippen molar-refractivity contribution in [3.63, 3.8) is 0 Å². The van der Waals surface area contributed by atoms with E-state index in [9.17, 15) is 22.8 Å². The van der Waals surface area contributed by atoms with E-state index in [-0.39, 0.29) is 17.3 Å². The maximum absolute atomic E-state index is 12.7. The average Bonchev–Trinajstić information content (AvgIpc) is 2.78. The quantitative estimate of drug-likeness (QED) is 0.252. The normalized spacial score (nSPS) is 12.4. The van der Waals surface area contributed by atoms with E-state index < -0.39 is 33.7 Å². The van der Waals surface area contributed by atoms with Crippen molar-refractivity contribution < 1.29 is 37.0 Å². The number of amides is 2. The van der Waals surface area contributed by atoms with Gasteiger partial charge in [0.2, 0.25) is 15.9 Å². The molecule has 0 saturated carbocycles. The third-order valence-electron chi connectivity index (χ3n) is 4.44. The fourth-order valence-corrected chi connectivity index (χ4v) is 3.89. The molecule has 1 atom stereocenters. The summed E-state index contributed by atoms with van der Waals surface area (Å²) in [5.41, 5.74) is -0.755. The summed E-state index contributed by atoms with van der Waals surface area (Å²) in [6.07, 6.45) is 2.01. The van der Waals surface area contributed by atoms with Gasteiger partial charge in [-0.1, -0.05) is 13.3 Å². The molecule has 1 aromatic rings. The first-order chi connectivity index (χ1) is 16.4. The maximum Gasteiger partial charge on any atom is 0.407 e. The summed E-state index contributed by atoms with van der Waals surface area (Å²) in [7, 11) is -3.00. The van der Waals surface area contributed by atoms with Crippen molar-refractivity contribution in [2.75, 3.05) is 26.8 Å². The van der Waals surface area contributed by atoms with Gasteiger partial charge in [-0.15, -0.1) is 0 Å². The summed E-state index contributed by atoms with van der Waals surface area (Å²) >= 11 is 0. The zero-order valence-electron chi connectivity index (χ0n) is 21.0. The van der Waals surface area contributed by atoms with Gasteiger partial charge in [0.25, 0.3) is 0 Å². The van der Waals surface area contributed by atoms with Gasteiger partial charge in [-0.2, -0.15) is 4.72 Å². The summed E-state index contributed by atoms with van der Waals surface area (Å²) in [4.78, 5) is 35.5. The number of hydrogen-bond donors (Lipinski definition) is 3. The van der Waals surface area contributed by atoms with Crippen molar-refractivity contribution in [3.05, 3.63) is 24.3 Å². The summed E-state index contributed by atoms with van der Waals surface area (Å²) < 4.78 is 43.0. The van der Waals surface area contributed by atoms with Crippen LogP contribution < -0.4 is 20.1 Å². The SMILES string of the molecule is CCCCNC(=O)CCCOc1ccc(S(=O)(=O)N[C@@H](CNC(=O)OC(C)(C)C)C(=O)OC)cc1. The third kappa shape index (κ3) is 12.4. The first-order valence-electron chi connectivity index (χ1n) is 11.4. The van der Waals surface area contributed by atoms with Crippen LogP contribution in [0.25, 0.3) is 0 Å². The van der Waals surface area contributed by atoms with Crippen molar-refractivity contribution in [2.45, 2.75) is 69.9 Å². The van der Waals surface area contributed by atoms with Crippen LogP contribution in [0.15, 0.2) is 29.2 Å². The van der Waals surface area contributed by atoms with Crippen molar-refractivity contribution in [2.24, 2.45) is 0 Å². The molecule has 0 bridgehead atoms. The number of unbranched alkanes of at least 4 members (excludes halogenated alkanes) is 1. The zero-order chi connectivity index (χ0) is 26.5. The van der Waals surface area contributed by atoms with Crippen LogP contribution in [-0.4, -0.2) is 64.8 Å². The van der Waals surface area contributed by atoms with Gasteiger partial charge in [-0.3, -0.25) is 9.59 Å². The number of carbonyl (C=O) groups is 3. The van der Waals surface area contributed by atoms with E-state index in [1.807, 2.05) is 6.92 Å². The van der Waals surface area contributed by atoms with Crippen LogP contribution in [0.1, 0.15) is 53.4 Å². The van der Waals surface area contributed by atoms with Gasteiger partial charge in [0.1, 0.15) is 17.4 Å². The molecular weight excluding hydrogens is 478 g/mol. The lowest BCUT2D eigenvalue weighted by Crippen LogP contribution is -2.49. The number of alkyl carbamates (subject to hydrolysis) is 1. The Hall–Kier alpha value is -2.86. The first-order valence-corrected chi connectivity index (χ1v) is 12.9. The molecule has 0 aliphatic rings. The number of sulfonamides is 1. The van der Waals surface area contributed by atoms with E-state index in [1.54, 1.807) is 20.8 Å².